The number of pyridine rings is 1. The number of piperidine rings is 1. The summed E-state index contributed by atoms with van der Waals surface area (Å²) in [5.74, 6) is 1.18. The van der Waals surface area contributed by atoms with E-state index in [0.717, 1.165) is 45.2 Å². The molecular formula is C21H24F3N5O. The second-order valence-corrected chi connectivity index (χ2v) is 9.14. The monoisotopic (exact) mass is 419 g/mol. The van der Waals surface area contributed by atoms with Crippen molar-refractivity contribution in [3.05, 3.63) is 29.6 Å². The second-order valence-electron chi connectivity index (χ2n) is 9.14. The molecule has 9 heteroatoms. The summed E-state index contributed by atoms with van der Waals surface area (Å²) in [5.41, 5.74) is 6.68. The number of halogens is 3. The van der Waals surface area contributed by atoms with Gasteiger partial charge in [0.2, 0.25) is 0 Å². The van der Waals surface area contributed by atoms with E-state index in [0.29, 0.717) is 41.1 Å². The Morgan fingerprint density at radius 3 is 2.37 bits per heavy atom. The van der Waals surface area contributed by atoms with Gasteiger partial charge in [-0.3, -0.25) is 9.58 Å². The van der Waals surface area contributed by atoms with E-state index in [9.17, 15) is 13.2 Å². The third-order valence-corrected chi connectivity index (χ3v) is 7.41. The Morgan fingerprint density at radius 1 is 1.07 bits per heavy atom. The lowest BCUT2D eigenvalue weighted by Gasteiger charge is -2.36. The summed E-state index contributed by atoms with van der Waals surface area (Å²) in [7, 11) is 0. The molecule has 2 N–H and O–H groups in total. The molecule has 4 fully saturated rings. The van der Waals surface area contributed by atoms with Crippen LogP contribution >= 0.6 is 0 Å². The zero-order valence-electron chi connectivity index (χ0n) is 16.5. The van der Waals surface area contributed by atoms with Crippen molar-refractivity contribution in [1.29, 1.82) is 0 Å². The summed E-state index contributed by atoms with van der Waals surface area (Å²) >= 11 is 0. The molecule has 4 heterocycles. The van der Waals surface area contributed by atoms with Crippen LogP contribution in [0.4, 0.5) is 19.0 Å². The van der Waals surface area contributed by atoms with E-state index in [2.05, 4.69) is 14.6 Å². The molecule has 2 aromatic heterocycles. The number of hydrogen-bond acceptors (Lipinski definition) is 5. The highest BCUT2D eigenvalue weighted by atomic mass is 19.4. The highest BCUT2D eigenvalue weighted by Gasteiger charge is 2.59. The van der Waals surface area contributed by atoms with Crippen LogP contribution in [0, 0.1) is 11.8 Å². The first-order valence-electron chi connectivity index (χ1n) is 10.6. The third kappa shape index (κ3) is 2.85. The summed E-state index contributed by atoms with van der Waals surface area (Å²) in [6, 6.07) is 3.99. The van der Waals surface area contributed by atoms with Gasteiger partial charge >= 0.3 is 6.18 Å². The second kappa shape index (κ2) is 6.43. The Balaban J connectivity index is 1.30. The first kappa shape index (κ1) is 18.6. The van der Waals surface area contributed by atoms with Gasteiger partial charge < -0.3 is 10.5 Å². The van der Waals surface area contributed by atoms with Crippen LogP contribution < -0.4 is 5.73 Å². The van der Waals surface area contributed by atoms with Crippen molar-refractivity contribution in [2.45, 2.75) is 43.4 Å². The van der Waals surface area contributed by atoms with E-state index in [4.69, 9.17) is 15.6 Å². The Labute approximate surface area is 172 Å². The van der Waals surface area contributed by atoms with Gasteiger partial charge in [-0.1, -0.05) is 0 Å². The van der Waals surface area contributed by atoms with E-state index >= 15 is 0 Å². The number of likely N-dealkylation sites (tertiary alicyclic amines) is 1. The van der Waals surface area contributed by atoms with Crippen LogP contribution in [0.15, 0.2) is 18.3 Å². The van der Waals surface area contributed by atoms with Crippen LogP contribution in [0.25, 0.3) is 11.3 Å². The van der Waals surface area contributed by atoms with Gasteiger partial charge in [0, 0.05) is 36.5 Å². The van der Waals surface area contributed by atoms with Crippen molar-refractivity contribution in [3.63, 3.8) is 0 Å². The minimum absolute atomic E-state index is 0.357. The van der Waals surface area contributed by atoms with Crippen molar-refractivity contribution in [3.8, 4) is 11.3 Å². The van der Waals surface area contributed by atoms with Crippen LogP contribution in [0.5, 0.6) is 0 Å². The molecule has 0 amide bonds. The van der Waals surface area contributed by atoms with Crippen LogP contribution in [0.2, 0.25) is 0 Å². The molecule has 0 radical (unpaired) electrons. The number of ether oxygens (including phenoxy) is 1. The number of anilines is 1. The number of fused-ring (bicyclic) bond motifs is 1. The average molecular weight is 419 g/mol. The van der Waals surface area contributed by atoms with E-state index in [1.54, 1.807) is 0 Å². The molecule has 0 spiro atoms. The summed E-state index contributed by atoms with van der Waals surface area (Å²) < 4.78 is 47.3. The van der Waals surface area contributed by atoms with E-state index in [-0.39, 0.29) is 0 Å². The molecule has 0 aromatic carbocycles. The van der Waals surface area contributed by atoms with Crippen LogP contribution in [-0.2, 0) is 10.9 Å². The fraction of sp³-hybridized carbons (Fsp3) is 0.619. The van der Waals surface area contributed by atoms with Gasteiger partial charge in [-0.25, -0.2) is 4.98 Å². The van der Waals surface area contributed by atoms with Gasteiger partial charge in [-0.15, -0.1) is 0 Å². The maximum atomic E-state index is 13.3. The molecule has 2 saturated heterocycles. The van der Waals surface area contributed by atoms with Gasteiger partial charge in [-0.2, -0.15) is 18.3 Å². The fourth-order valence-electron chi connectivity index (χ4n) is 5.30. The van der Waals surface area contributed by atoms with Crippen LogP contribution in [0.3, 0.4) is 0 Å². The lowest BCUT2D eigenvalue weighted by molar-refractivity contribution is -0.137. The minimum atomic E-state index is -4.53. The lowest BCUT2D eigenvalue weighted by Crippen LogP contribution is -2.48. The molecule has 30 heavy (non-hydrogen) atoms. The largest absolute Gasteiger partial charge is 0.419 e. The third-order valence-electron chi connectivity index (χ3n) is 7.41. The zero-order chi connectivity index (χ0) is 20.6. The van der Waals surface area contributed by atoms with Crippen LogP contribution in [-0.4, -0.2) is 52.0 Å². The number of rotatable bonds is 4. The molecule has 160 valence electrons. The summed E-state index contributed by atoms with van der Waals surface area (Å²) in [6.45, 7) is 3.83. The molecule has 2 aliphatic carbocycles. The average Bonchev–Trinajstić information content (AvgIpc) is 2.94. The van der Waals surface area contributed by atoms with Gasteiger partial charge in [0.05, 0.1) is 36.6 Å². The Hall–Kier alpha value is -2.13. The molecule has 2 saturated carbocycles. The number of nitrogens with two attached hydrogens (primary N) is 1. The minimum Gasteiger partial charge on any atom is -0.383 e. The molecule has 4 aliphatic rings. The van der Waals surface area contributed by atoms with Gasteiger partial charge in [-0.05, 0) is 43.2 Å². The normalized spacial score (nSPS) is 29.5. The predicted molar refractivity (Wildman–Crippen MR) is 104 cm³/mol. The molecule has 0 bridgehead atoms. The predicted octanol–water partition coefficient (Wildman–Crippen LogP) is 3.32. The zero-order valence-corrected chi connectivity index (χ0v) is 16.5. The Kier molecular flexibility index (Phi) is 3.99. The summed E-state index contributed by atoms with van der Waals surface area (Å²) in [5, 5.41) is 4.76. The molecule has 6 rings (SSSR count). The molecule has 6 nitrogen and oxygen atoms in total. The number of aromatic nitrogens is 3. The molecule has 1 unspecified atom stereocenters. The number of alkyl halides is 3. The van der Waals surface area contributed by atoms with Crippen LogP contribution in [0.1, 0.15) is 42.5 Å². The first-order valence-corrected chi connectivity index (χ1v) is 10.6. The lowest BCUT2D eigenvalue weighted by atomic mass is 9.93. The molecule has 2 aliphatic heterocycles. The highest BCUT2D eigenvalue weighted by molar-refractivity contribution is 5.63. The maximum absolute atomic E-state index is 13.3. The van der Waals surface area contributed by atoms with Gasteiger partial charge in [0.25, 0.3) is 0 Å². The Bertz CT molecular complexity index is 970. The van der Waals surface area contributed by atoms with E-state index < -0.39 is 17.6 Å². The maximum Gasteiger partial charge on any atom is 0.419 e. The highest BCUT2D eigenvalue weighted by Crippen LogP contribution is 2.59. The first-order chi connectivity index (χ1) is 14.4. The molecular weight excluding hydrogens is 395 g/mol. The van der Waals surface area contributed by atoms with Gasteiger partial charge in [0.1, 0.15) is 5.82 Å². The standard InChI is InChI=1S/C21H24F3N5O/c22-21(23,24)16-4-11(6-26-20(16)25)17-5-18(29(27-17)12-2-1-3-12)19-14-7-28(8-15(14)19)13-9-30-10-13/h4-6,12-15,19H,1-3,7-10H2,(H2,25,26)/t14-,15+,19?. The van der Waals surface area contributed by atoms with Crippen molar-refractivity contribution in [2.24, 2.45) is 11.8 Å². The number of nitrogens with zero attached hydrogens (tertiary/aromatic N) is 4. The van der Waals surface area contributed by atoms with Crippen molar-refractivity contribution in [2.75, 3.05) is 32.0 Å². The number of nitrogen functional groups attached to an aromatic ring is 1. The van der Waals surface area contributed by atoms with Crippen molar-refractivity contribution < 1.29 is 17.9 Å². The quantitative estimate of drug-likeness (QED) is 0.824. The SMILES string of the molecule is Nc1ncc(-c2cc(C3[C@H]4CN(C5COC5)C[C@@H]34)n(C3CCC3)n2)cc1C(F)(F)F. The van der Waals surface area contributed by atoms with E-state index in [1.807, 2.05) is 6.07 Å². The van der Waals surface area contributed by atoms with Crippen molar-refractivity contribution >= 4 is 5.82 Å². The smallest absolute Gasteiger partial charge is 0.383 e. The fourth-order valence-corrected chi connectivity index (χ4v) is 5.30. The summed E-state index contributed by atoms with van der Waals surface area (Å²) in [6.07, 6.45) is 0.196. The Morgan fingerprint density at radius 2 is 1.80 bits per heavy atom. The summed E-state index contributed by atoms with van der Waals surface area (Å²) in [4.78, 5) is 6.32. The van der Waals surface area contributed by atoms with Crippen molar-refractivity contribution in [1.82, 2.24) is 19.7 Å². The van der Waals surface area contributed by atoms with E-state index in [1.165, 1.54) is 18.3 Å². The molecule has 2 aromatic rings. The number of hydrogen-bond donors (Lipinski definition) is 1. The topological polar surface area (TPSA) is 69.2 Å². The molecule has 3 atom stereocenters. The van der Waals surface area contributed by atoms with Gasteiger partial charge in [0.15, 0.2) is 0 Å².